The molecule has 20 heavy (non-hydrogen) atoms. The molecule has 1 aromatic heterocycles. The summed E-state index contributed by atoms with van der Waals surface area (Å²) in [5.74, 6) is -1.00. The van der Waals surface area contributed by atoms with Crippen LogP contribution < -0.4 is 0 Å². The first-order chi connectivity index (χ1) is 9.60. The van der Waals surface area contributed by atoms with Crippen molar-refractivity contribution in [1.29, 1.82) is 0 Å². The number of halogens is 1. The van der Waals surface area contributed by atoms with Crippen molar-refractivity contribution in [3.63, 3.8) is 0 Å². The Hall–Kier alpha value is -1.46. The van der Waals surface area contributed by atoms with Crippen LogP contribution in [0.15, 0.2) is 34.9 Å². The lowest BCUT2D eigenvalue weighted by Gasteiger charge is -2.20. The van der Waals surface area contributed by atoms with E-state index in [0.717, 1.165) is 9.86 Å². The first-order valence-corrected chi connectivity index (χ1v) is 7.18. The highest BCUT2D eigenvalue weighted by molar-refractivity contribution is 9.10. The van der Waals surface area contributed by atoms with E-state index in [1.807, 2.05) is 25.1 Å². The number of ether oxygens (including phenoxy) is 1. The van der Waals surface area contributed by atoms with Crippen molar-refractivity contribution in [3.8, 4) is 0 Å². The molecule has 0 radical (unpaired) electrons. The highest BCUT2D eigenvalue weighted by Gasteiger charge is 2.28. The average molecular weight is 338 g/mol. The molecule has 5 heteroatoms. The van der Waals surface area contributed by atoms with Gasteiger partial charge in [-0.25, -0.2) is 0 Å². The minimum absolute atomic E-state index is 0.410. The van der Waals surface area contributed by atoms with Gasteiger partial charge in [0.1, 0.15) is 0 Å². The van der Waals surface area contributed by atoms with Crippen molar-refractivity contribution in [1.82, 2.24) is 4.98 Å². The van der Waals surface area contributed by atoms with E-state index in [1.165, 1.54) is 7.11 Å². The van der Waals surface area contributed by atoms with Crippen LogP contribution in [0.2, 0.25) is 0 Å². The Bertz CT molecular complexity index is 630. The zero-order valence-corrected chi connectivity index (χ0v) is 12.9. The molecular formula is C15H16BrNO3. The predicted molar refractivity (Wildman–Crippen MR) is 80.2 cm³/mol. The molecule has 0 saturated heterocycles. The molecule has 0 saturated carbocycles. The lowest BCUT2D eigenvalue weighted by atomic mass is 9.92. The second-order valence-electron chi connectivity index (χ2n) is 4.52. The van der Waals surface area contributed by atoms with E-state index in [-0.39, 0.29) is 0 Å². The van der Waals surface area contributed by atoms with Gasteiger partial charge in [-0.05, 0) is 18.6 Å². The van der Waals surface area contributed by atoms with Crippen LogP contribution in [0.4, 0.5) is 0 Å². The Kier molecular flexibility index (Phi) is 4.73. The molecule has 106 valence electrons. The number of pyridine rings is 1. The number of hydrogen-bond donors (Lipinski definition) is 1. The van der Waals surface area contributed by atoms with E-state index >= 15 is 0 Å². The van der Waals surface area contributed by atoms with Crippen molar-refractivity contribution < 1.29 is 14.6 Å². The number of aromatic nitrogens is 1. The molecule has 2 aromatic rings. The number of carbonyl (C=O) groups is 1. The molecule has 0 bridgehead atoms. The standard InChI is InChI=1S/C15H16BrNO3/c1-3-9(15(19)20-2)14(18)11-6-7-12(16)10-5-4-8-17-13(10)11/h4-9,14,18H,3H2,1-2H3. The molecule has 0 aliphatic heterocycles. The topological polar surface area (TPSA) is 59.4 Å². The van der Waals surface area contributed by atoms with Crippen LogP contribution in [-0.2, 0) is 9.53 Å². The molecule has 2 unspecified atom stereocenters. The summed E-state index contributed by atoms with van der Waals surface area (Å²) in [6, 6.07) is 7.39. The van der Waals surface area contributed by atoms with Gasteiger partial charge in [0.05, 0.1) is 24.6 Å². The number of rotatable bonds is 4. The van der Waals surface area contributed by atoms with Gasteiger partial charge in [0.15, 0.2) is 0 Å². The molecule has 0 fully saturated rings. The van der Waals surface area contributed by atoms with Crippen molar-refractivity contribution >= 4 is 32.8 Å². The van der Waals surface area contributed by atoms with E-state index in [1.54, 1.807) is 12.3 Å². The number of benzene rings is 1. The van der Waals surface area contributed by atoms with E-state index < -0.39 is 18.0 Å². The van der Waals surface area contributed by atoms with Gasteiger partial charge in [0.25, 0.3) is 0 Å². The number of aliphatic hydroxyl groups excluding tert-OH is 1. The molecule has 4 nitrogen and oxygen atoms in total. The number of fused-ring (bicyclic) bond motifs is 1. The molecule has 2 rings (SSSR count). The maximum absolute atomic E-state index is 11.7. The van der Waals surface area contributed by atoms with Gasteiger partial charge in [-0.3, -0.25) is 9.78 Å². The summed E-state index contributed by atoms with van der Waals surface area (Å²) in [7, 11) is 1.33. The van der Waals surface area contributed by atoms with Gasteiger partial charge in [-0.15, -0.1) is 0 Å². The second-order valence-corrected chi connectivity index (χ2v) is 5.37. The minimum Gasteiger partial charge on any atom is -0.469 e. The average Bonchev–Trinajstić information content (AvgIpc) is 2.48. The number of methoxy groups -OCH3 is 1. The molecule has 0 aliphatic rings. The number of nitrogens with zero attached hydrogens (tertiary/aromatic N) is 1. The number of carbonyl (C=O) groups excluding carboxylic acids is 1. The fourth-order valence-corrected chi connectivity index (χ4v) is 2.74. The smallest absolute Gasteiger partial charge is 0.311 e. The molecule has 0 amide bonds. The maximum atomic E-state index is 11.7. The van der Waals surface area contributed by atoms with Crippen LogP contribution in [0, 0.1) is 5.92 Å². The van der Waals surface area contributed by atoms with Gasteiger partial charge in [-0.2, -0.15) is 0 Å². The Morgan fingerprint density at radius 1 is 1.45 bits per heavy atom. The molecule has 1 aromatic carbocycles. The fourth-order valence-electron chi connectivity index (χ4n) is 2.29. The highest BCUT2D eigenvalue weighted by atomic mass is 79.9. The SMILES string of the molecule is CCC(C(=O)OC)C(O)c1ccc(Br)c2cccnc12. The normalized spacial score (nSPS) is 14.0. The van der Waals surface area contributed by atoms with Gasteiger partial charge in [0.2, 0.25) is 0 Å². The van der Waals surface area contributed by atoms with E-state index in [4.69, 9.17) is 4.74 Å². The number of esters is 1. The van der Waals surface area contributed by atoms with Gasteiger partial charge in [-0.1, -0.05) is 35.0 Å². The monoisotopic (exact) mass is 337 g/mol. The van der Waals surface area contributed by atoms with Crippen LogP contribution in [0.5, 0.6) is 0 Å². The van der Waals surface area contributed by atoms with Gasteiger partial charge < -0.3 is 9.84 Å². The third kappa shape index (κ3) is 2.69. The summed E-state index contributed by atoms with van der Waals surface area (Å²) in [6.45, 7) is 1.85. The molecule has 1 N–H and O–H groups in total. The first-order valence-electron chi connectivity index (χ1n) is 6.39. The largest absolute Gasteiger partial charge is 0.469 e. The van der Waals surface area contributed by atoms with Crippen LogP contribution in [-0.4, -0.2) is 23.2 Å². The third-order valence-electron chi connectivity index (χ3n) is 3.39. The van der Waals surface area contributed by atoms with Crippen LogP contribution in [0.1, 0.15) is 25.0 Å². The molecule has 2 atom stereocenters. The number of aliphatic hydroxyl groups is 1. The predicted octanol–water partition coefficient (Wildman–Crippen LogP) is 3.23. The van der Waals surface area contributed by atoms with Gasteiger partial charge >= 0.3 is 5.97 Å². The zero-order chi connectivity index (χ0) is 14.7. The number of hydrogen-bond acceptors (Lipinski definition) is 4. The summed E-state index contributed by atoms with van der Waals surface area (Å²) >= 11 is 3.46. The van der Waals surface area contributed by atoms with E-state index in [0.29, 0.717) is 17.5 Å². The second kappa shape index (κ2) is 6.33. The minimum atomic E-state index is -0.932. The summed E-state index contributed by atoms with van der Waals surface area (Å²) in [6.07, 6.45) is 1.24. The van der Waals surface area contributed by atoms with Crippen molar-refractivity contribution in [2.45, 2.75) is 19.4 Å². The summed E-state index contributed by atoms with van der Waals surface area (Å²) in [4.78, 5) is 16.1. The first kappa shape index (κ1) is 14.9. The van der Waals surface area contributed by atoms with E-state index in [9.17, 15) is 9.90 Å². The Morgan fingerprint density at radius 2 is 2.20 bits per heavy atom. The van der Waals surface area contributed by atoms with Crippen LogP contribution in [0.3, 0.4) is 0 Å². The summed E-state index contributed by atoms with van der Waals surface area (Å²) in [5.41, 5.74) is 1.33. The van der Waals surface area contributed by atoms with Crippen molar-refractivity contribution in [2.75, 3.05) is 7.11 Å². The Labute approximate surface area is 125 Å². The highest BCUT2D eigenvalue weighted by Crippen LogP contribution is 2.33. The molecule has 0 aliphatic carbocycles. The van der Waals surface area contributed by atoms with Crippen molar-refractivity contribution in [2.24, 2.45) is 5.92 Å². The summed E-state index contributed by atoms with van der Waals surface area (Å²) in [5, 5.41) is 11.4. The maximum Gasteiger partial charge on any atom is 0.311 e. The molecule has 0 spiro atoms. The van der Waals surface area contributed by atoms with Crippen LogP contribution >= 0.6 is 15.9 Å². The molecule has 1 heterocycles. The quantitative estimate of drug-likeness (QED) is 0.870. The Morgan fingerprint density at radius 3 is 2.85 bits per heavy atom. The zero-order valence-electron chi connectivity index (χ0n) is 11.3. The van der Waals surface area contributed by atoms with Crippen molar-refractivity contribution in [3.05, 3.63) is 40.5 Å². The molecular weight excluding hydrogens is 322 g/mol. The van der Waals surface area contributed by atoms with Gasteiger partial charge in [0, 0.05) is 21.6 Å². The van der Waals surface area contributed by atoms with E-state index in [2.05, 4.69) is 20.9 Å². The lowest BCUT2D eigenvalue weighted by molar-refractivity contribution is -0.149. The lowest BCUT2D eigenvalue weighted by Crippen LogP contribution is -2.23. The van der Waals surface area contributed by atoms with Crippen LogP contribution in [0.25, 0.3) is 10.9 Å². The Balaban J connectivity index is 2.52. The summed E-state index contributed by atoms with van der Waals surface area (Å²) < 4.78 is 5.66. The fraction of sp³-hybridized carbons (Fsp3) is 0.333. The third-order valence-corrected chi connectivity index (χ3v) is 4.08.